The molecule has 0 bridgehead atoms. The summed E-state index contributed by atoms with van der Waals surface area (Å²) in [4.78, 5) is 4.30. The molecule has 1 heterocycles. The highest BCUT2D eigenvalue weighted by Crippen LogP contribution is 2.35. The molecule has 3 nitrogen and oxygen atoms in total. The molecule has 0 amide bonds. The number of pyridine rings is 1. The minimum atomic E-state index is 0.193. The lowest BCUT2D eigenvalue weighted by atomic mass is 10.0. The number of ether oxygens (including phenoxy) is 1. The first kappa shape index (κ1) is 13.1. The van der Waals surface area contributed by atoms with Crippen molar-refractivity contribution >= 4 is 0 Å². The molecule has 3 heteroatoms. The van der Waals surface area contributed by atoms with E-state index in [1.807, 2.05) is 13.2 Å². The zero-order valence-corrected chi connectivity index (χ0v) is 12.0. The summed E-state index contributed by atoms with van der Waals surface area (Å²) in [5.74, 6) is 0.840. The molecule has 0 spiro atoms. The van der Waals surface area contributed by atoms with Gasteiger partial charge in [-0.1, -0.05) is 24.3 Å². The van der Waals surface area contributed by atoms with Crippen molar-refractivity contribution < 1.29 is 4.74 Å². The lowest BCUT2D eigenvalue weighted by Gasteiger charge is -2.15. The van der Waals surface area contributed by atoms with Crippen LogP contribution in [-0.2, 0) is 0 Å². The molecule has 1 N–H and O–H groups in total. The highest BCUT2D eigenvalue weighted by Gasteiger charge is 2.41. The standard InChI is InChI=1S/C17H20N2O/c1-13-5-3-4-6-16(13)14-9-15(11-19-10-14)20-12-17(18-2)7-8-17/h3-6,9-11,18H,7-8,12H2,1-2H3. The fourth-order valence-corrected chi connectivity index (χ4v) is 2.38. The fourth-order valence-electron chi connectivity index (χ4n) is 2.38. The Morgan fingerprint density at radius 1 is 1.25 bits per heavy atom. The zero-order chi connectivity index (χ0) is 14.0. The topological polar surface area (TPSA) is 34.1 Å². The molecule has 0 aliphatic heterocycles. The SMILES string of the molecule is CNC1(COc2cncc(-c3ccccc3C)c2)CC1. The summed E-state index contributed by atoms with van der Waals surface area (Å²) < 4.78 is 5.90. The summed E-state index contributed by atoms with van der Waals surface area (Å²) in [6.45, 7) is 2.82. The maximum Gasteiger partial charge on any atom is 0.138 e. The lowest BCUT2D eigenvalue weighted by Crippen LogP contribution is -2.33. The number of hydrogen-bond acceptors (Lipinski definition) is 3. The van der Waals surface area contributed by atoms with Gasteiger partial charge in [0.2, 0.25) is 0 Å². The molecule has 1 fully saturated rings. The quantitative estimate of drug-likeness (QED) is 0.904. The van der Waals surface area contributed by atoms with Crippen LogP contribution in [0.2, 0.25) is 0 Å². The van der Waals surface area contributed by atoms with Crippen LogP contribution >= 0.6 is 0 Å². The second kappa shape index (κ2) is 5.25. The van der Waals surface area contributed by atoms with Crippen LogP contribution in [0.5, 0.6) is 5.75 Å². The van der Waals surface area contributed by atoms with Crippen molar-refractivity contribution in [2.75, 3.05) is 13.7 Å². The van der Waals surface area contributed by atoms with E-state index in [1.165, 1.54) is 24.0 Å². The maximum atomic E-state index is 5.90. The van der Waals surface area contributed by atoms with Gasteiger partial charge in [-0.25, -0.2) is 0 Å². The second-order valence-electron chi connectivity index (χ2n) is 5.54. The second-order valence-corrected chi connectivity index (χ2v) is 5.54. The van der Waals surface area contributed by atoms with Crippen LogP contribution < -0.4 is 10.1 Å². The van der Waals surface area contributed by atoms with E-state index in [2.05, 4.69) is 47.6 Å². The fraction of sp³-hybridized carbons (Fsp3) is 0.353. The third-order valence-corrected chi connectivity index (χ3v) is 4.07. The van der Waals surface area contributed by atoms with E-state index in [-0.39, 0.29) is 5.54 Å². The number of rotatable bonds is 5. The van der Waals surface area contributed by atoms with Crippen LogP contribution in [0.3, 0.4) is 0 Å². The van der Waals surface area contributed by atoms with Crippen molar-refractivity contribution in [3.8, 4) is 16.9 Å². The van der Waals surface area contributed by atoms with Crippen molar-refractivity contribution in [2.45, 2.75) is 25.3 Å². The molecule has 0 atom stereocenters. The van der Waals surface area contributed by atoms with Crippen LogP contribution in [-0.4, -0.2) is 24.2 Å². The van der Waals surface area contributed by atoms with Crippen molar-refractivity contribution in [3.05, 3.63) is 48.3 Å². The summed E-state index contributed by atoms with van der Waals surface area (Å²) in [5, 5.41) is 3.33. The molecule has 104 valence electrons. The normalized spacial score (nSPS) is 15.9. The van der Waals surface area contributed by atoms with E-state index >= 15 is 0 Å². The molecule has 3 rings (SSSR count). The molecule has 0 radical (unpaired) electrons. The number of benzene rings is 1. The largest absolute Gasteiger partial charge is 0.490 e. The van der Waals surface area contributed by atoms with Gasteiger partial charge in [0.05, 0.1) is 11.7 Å². The Bertz CT molecular complexity index is 605. The number of nitrogens with one attached hydrogen (secondary N) is 1. The number of aryl methyl sites for hydroxylation is 1. The molecule has 1 aromatic heterocycles. The molecule has 1 saturated carbocycles. The van der Waals surface area contributed by atoms with Crippen LogP contribution in [0, 0.1) is 6.92 Å². The maximum absolute atomic E-state index is 5.90. The summed E-state index contributed by atoms with van der Waals surface area (Å²) in [6, 6.07) is 10.4. The van der Waals surface area contributed by atoms with Gasteiger partial charge in [0.1, 0.15) is 12.4 Å². The van der Waals surface area contributed by atoms with E-state index in [9.17, 15) is 0 Å². The number of aromatic nitrogens is 1. The van der Waals surface area contributed by atoms with Gasteiger partial charge in [0.15, 0.2) is 0 Å². The molecule has 20 heavy (non-hydrogen) atoms. The molecule has 0 unspecified atom stereocenters. The number of nitrogens with zero attached hydrogens (tertiary/aromatic N) is 1. The first-order chi connectivity index (χ1) is 9.72. The number of hydrogen-bond donors (Lipinski definition) is 1. The first-order valence-corrected chi connectivity index (χ1v) is 7.05. The Labute approximate surface area is 120 Å². The van der Waals surface area contributed by atoms with Crippen molar-refractivity contribution in [1.82, 2.24) is 10.3 Å². The minimum absolute atomic E-state index is 0.193. The van der Waals surface area contributed by atoms with Gasteiger partial charge in [-0.3, -0.25) is 4.98 Å². The summed E-state index contributed by atoms with van der Waals surface area (Å²) >= 11 is 0. The van der Waals surface area contributed by atoms with E-state index < -0.39 is 0 Å². The van der Waals surface area contributed by atoms with Gasteiger partial charge in [-0.2, -0.15) is 0 Å². The summed E-state index contributed by atoms with van der Waals surface area (Å²) in [7, 11) is 2.00. The first-order valence-electron chi connectivity index (χ1n) is 7.05. The molecule has 1 aromatic carbocycles. The lowest BCUT2D eigenvalue weighted by molar-refractivity contribution is 0.259. The third kappa shape index (κ3) is 2.68. The van der Waals surface area contributed by atoms with E-state index in [1.54, 1.807) is 6.20 Å². The minimum Gasteiger partial charge on any atom is -0.490 e. The highest BCUT2D eigenvalue weighted by atomic mass is 16.5. The Balaban J connectivity index is 1.78. The molecule has 0 saturated heterocycles. The van der Waals surface area contributed by atoms with Gasteiger partial charge < -0.3 is 10.1 Å². The van der Waals surface area contributed by atoms with Crippen molar-refractivity contribution in [2.24, 2.45) is 0 Å². The Kier molecular flexibility index (Phi) is 3.45. The zero-order valence-electron chi connectivity index (χ0n) is 12.0. The average Bonchev–Trinajstić information content (AvgIpc) is 3.27. The van der Waals surface area contributed by atoms with E-state index in [4.69, 9.17) is 4.74 Å². The Hall–Kier alpha value is -1.87. The van der Waals surface area contributed by atoms with Crippen molar-refractivity contribution in [1.29, 1.82) is 0 Å². The van der Waals surface area contributed by atoms with E-state index in [0.29, 0.717) is 6.61 Å². The van der Waals surface area contributed by atoms with Gasteiger partial charge >= 0.3 is 0 Å². The third-order valence-electron chi connectivity index (χ3n) is 4.07. The van der Waals surface area contributed by atoms with Gasteiger partial charge in [0.25, 0.3) is 0 Å². The predicted molar refractivity (Wildman–Crippen MR) is 80.9 cm³/mol. The smallest absolute Gasteiger partial charge is 0.138 e. The van der Waals surface area contributed by atoms with Gasteiger partial charge in [0, 0.05) is 11.8 Å². The van der Waals surface area contributed by atoms with Gasteiger partial charge in [-0.05, 0) is 44.0 Å². The van der Waals surface area contributed by atoms with Crippen LogP contribution in [0.4, 0.5) is 0 Å². The highest BCUT2D eigenvalue weighted by molar-refractivity contribution is 5.67. The summed E-state index contributed by atoms with van der Waals surface area (Å²) in [6.07, 6.45) is 6.05. The van der Waals surface area contributed by atoms with Crippen LogP contribution in [0.1, 0.15) is 18.4 Å². The average molecular weight is 268 g/mol. The number of likely N-dealkylation sites (N-methyl/N-ethyl adjacent to an activating group) is 1. The van der Waals surface area contributed by atoms with E-state index in [0.717, 1.165) is 11.3 Å². The Morgan fingerprint density at radius 3 is 2.75 bits per heavy atom. The Morgan fingerprint density at radius 2 is 2.05 bits per heavy atom. The predicted octanol–water partition coefficient (Wildman–Crippen LogP) is 3.19. The molecule has 2 aromatic rings. The molecular weight excluding hydrogens is 248 g/mol. The van der Waals surface area contributed by atoms with Crippen LogP contribution in [0.25, 0.3) is 11.1 Å². The summed E-state index contributed by atoms with van der Waals surface area (Å²) in [5.41, 5.74) is 3.76. The van der Waals surface area contributed by atoms with Gasteiger partial charge in [-0.15, -0.1) is 0 Å². The van der Waals surface area contributed by atoms with Crippen LogP contribution in [0.15, 0.2) is 42.7 Å². The van der Waals surface area contributed by atoms with Crippen molar-refractivity contribution in [3.63, 3.8) is 0 Å². The molecule has 1 aliphatic carbocycles. The molecule has 1 aliphatic rings. The molecular formula is C17H20N2O. The monoisotopic (exact) mass is 268 g/mol.